The summed E-state index contributed by atoms with van der Waals surface area (Å²) in [6.45, 7) is 0. The molecular formula is C14H15N3S. The van der Waals surface area contributed by atoms with Gasteiger partial charge in [-0.3, -0.25) is 0 Å². The molecule has 0 radical (unpaired) electrons. The van der Waals surface area contributed by atoms with Gasteiger partial charge in [0.05, 0.1) is 5.03 Å². The van der Waals surface area contributed by atoms with Gasteiger partial charge in [0, 0.05) is 17.5 Å². The number of aryl methyl sites for hydroxylation is 1. The van der Waals surface area contributed by atoms with Gasteiger partial charge in [0.25, 0.3) is 0 Å². The summed E-state index contributed by atoms with van der Waals surface area (Å²) in [6.07, 6.45) is 5.57. The first-order valence-electron chi connectivity index (χ1n) is 6.10. The zero-order chi connectivity index (χ0) is 12.4. The van der Waals surface area contributed by atoms with Crippen LogP contribution in [0.4, 0.5) is 0 Å². The van der Waals surface area contributed by atoms with Gasteiger partial charge in [0.15, 0.2) is 0 Å². The van der Waals surface area contributed by atoms with Gasteiger partial charge in [-0.25, -0.2) is 9.97 Å². The van der Waals surface area contributed by atoms with Gasteiger partial charge in [0.1, 0.15) is 6.33 Å². The van der Waals surface area contributed by atoms with Crippen LogP contribution in [0, 0.1) is 0 Å². The molecule has 1 aromatic carbocycles. The molecule has 2 N–H and O–H groups in total. The molecule has 0 bridgehead atoms. The summed E-state index contributed by atoms with van der Waals surface area (Å²) >= 11 is 1.76. The van der Waals surface area contributed by atoms with E-state index in [4.69, 9.17) is 5.73 Å². The molecule has 1 aliphatic rings. The standard InChI is InChI=1S/C14H15N3S/c15-14-11-4-2-1-3-10(11)5-6-12(14)18-13-7-8-16-9-17-13/h1-4,7-9,12,14H,5-6,15H2. The Bertz CT molecular complexity index is 530. The van der Waals surface area contributed by atoms with E-state index in [0.29, 0.717) is 5.25 Å². The summed E-state index contributed by atoms with van der Waals surface area (Å²) in [6, 6.07) is 10.5. The Morgan fingerprint density at radius 2 is 2.11 bits per heavy atom. The van der Waals surface area contributed by atoms with Crippen molar-refractivity contribution in [2.45, 2.75) is 29.2 Å². The smallest absolute Gasteiger partial charge is 0.116 e. The molecule has 3 nitrogen and oxygen atoms in total. The minimum absolute atomic E-state index is 0.0925. The van der Waals surface area contributed by atoms with Gasteiger partial charge in [-0.2, -0.15) is 0 Å². The van der Waals surface area contributed by atoms with E-state index < -0.39 is 0 Å². The average Bonchev–Trinajstić information content (AvgIpc) is 2.43. The third-order valence-corrected chi connectivity index (χ3v) is 4.65. The molecule has 1 aliphatic carbocycles. The van der Waals surface area contributed by atoms with Gasteiger partial charge in [0.2, 0.25) is 0 Å². The van der Waals surface area contributed by atoms with Crippen LogP contribution in [-0.4, -0.2) is 15.2 Å². The van der Waals surface area contributed by atoms with Crippen molar-refractivity contribution in [3.8, 4) is 0 Å². The fourth-order valence-corrected chi connectivity index (χ4v) is 3.49. The quantitative estimate of drug-likeness (QED) is 0.840. The van der Waals surface area contributed by atoms with E-state index in [1.54, 1.807) is 24.3 Å². The van der Waals surface area contributed by atoms with Crippen molar-refractivity contribution >= 4 is 11.8 Å². The van der Waals surface area contributed by atoms with E-state index in [9.17, 15) is 0 Å². The molecule has 0 fully saturated rings. The van der Waals surface area contributed by atoms with Crippen LogP contribution in [0.3, 0.4) is 0 Å². The molecule has 2 aromatic rings. The van der Waals surface area contributed by atoms with Crippen LogP contribution in [0.5, 0.6) is 0 Å². The van der Waals surface area contributed by atoms with Crippen molar-refractivity contribution in [3.63, 3.8) is 0 Å². The maximum atomic E-state index is 6.37. The fraction of sp³-hybridized carbons (Fsp3) is 0.286. The number of hydrogen-bond acceptors (Lipinski definition) is 4. The van der Waals surface area contributed by atoms with E-state index in [2.05, 4.69) is 34.2 Å². The lowest BCUT2D eigenvalue weighted by molar-refractivity contribution is 0.586. The van der Waals surface area contributed by atoms with Crippen LogP contribution in [0.1, 0.15) is 23.6 Å². The molecule has 0 saturated carbocycles. The minimum Gasteiger partial charge on any atom is -0.323 e. The van der Waals surface area contributed by atoms with Crippen molar-refractivity contribution < 1.29 is 0 Å². The third kappa shape index (κ3) is 2.26. The first kappa shape index (κ1) is 11.7. The number of aromatic nitrogens is 2. The Morgan fingerprint density at radius 3 is 2.94 bits per heavy atom. The van der Waals surface area contributed by atoms with E-state index >= 15 is 0 Å². The lowest BCUT2D eigenvalue weighted by Gasteiger charge is -2.30. The predicted octanol–water partition coefficient (Wildman–Crippen LogP) is 2.58. The second-order valence-electron chi connectivity index (χ2n) is 4.47. The van der Waals surface area contributed by atoms with E-state index in [1.165, 1.54) is 11.1 Å². The highest BCUT2D eigenvalue weighted by atomic mass is 32.2. The Hall–Kier alpha value is -1.39. The van der Waals surface area contributed by atoms with Crippen molar-refractivity contribution in [2.24, 2.45) is 5.73 Å². The molecule has 0 saturated heterocycles. The monoisotopic (exact) mass is 257 g/mol. The summed E-state index contributed by atoms with van der Waals surface area (Å²) < 4.78 is 0. The molecule has 3 rings (SSSR count). The molecule has 0 amide bonds. The zero-order valence-corrected chi connectivity index (χ0v) is 10.8. The predicted molar refractivity (Wildman–Crippen MR) is 73.4 cm³/mol. The Labute approximate surface area is 111 Å². The van der Waals surface area contributed by atoms with Crippen LogP contribution in [0.25, 0.3) is 0 Å². The normalized spacial score (nSPS) is 22.5. The highest BCUT2D eigenvalue weighted by Crippen LogP contribution is 2.37. The van der Waals surface area contributed by atoms with Crippen LogP contribution >= 0.6 is 11.8 Å². The number of nitrogens with two attached hydrogens (primary N) is 1. The summed E-state index contributed by atoms with van der Waals surface area (Å²) in [5.74, 6) is 0. The number of benzene rings is 1. The van der Waals surface area contributed by atoms with E-state index in [-0.39, 0.29) is 6.04 Å². The van der Waals surface area contributed by atoms with Gasteiger partial charge in [-0.15, -0.1) is 11.8 Å². The summed E-state index contributed by atoms with van der Waals surface area (Å²) in [5, 5.41) is 1.40. The lowest BCUT2D eigenvalue weighted by atomic mass is 9.88. The number of rotatable bonds is 2. The molecule has 2 atom stereocenters. The van der Waals surface area contributed by atoms with Gasteiger partial charge >= 0.3 is 0 Å². The van der Waals surface area contributed by atoms with Crippen LogP contribution in [-0.2, 0) is 6.42 Å². The molecule has 0 aliphatic heterocycles. The maximum Gasteiger partial charge on any atom is 0.116 e. The Morgan fingerprint density at radius 1 is 1.22 bits per heavy atom. The summed E-state index contributed by atoms with van der Waals surface area (Å²) in [4.78, 5) is 8.20. The highest BCUT2D eigenvalue weighted by Gasteiger charge is 2.27. The number of nitrogens with zero attached hydrogens (tertiary/aromatic N) is 2. The molecule has 0 spiro atoms. The number of fused-ring (bicyclic) bond motifs is 1. The van der Waals surface area contributed by atoms with E-state index in [1.807, 2.05) is 6.07 Å². The average molecular weight is 257 g/mol. The molecule has 2 unspecified atom stereocenters. The highest BCUT2D eigenvalue weighted by molar-refractivity contribution is 7.99. The summed E-state index contributed by atoms with van der Waals surface area (Å²) in [5.41, 5.74) is 9.05. The number of thioether (sulfide) groups is 1. The maximum absolute atomic E-state index is 6.37. The molecule has 1 aromatic heterocycles. The topological polar surface area (TPSA) is 51.8 Å². The Kier molecular flexibility index (Phi) is 3.30. The SMILES string of the molecule is NC1c2ccccc2CCC1Sc1ccncn1. The molecule has 1 heterocycles. The van der Waals surface area contributed by atoms with Gasteiger partial charge in [-0.1, -0.05) is 24.3 Å². The Balaban J connectivity index is 1.81. The molecule has 18 heavy (non-hydrogen) atoms. The van der Waals surface area contributed by atoms with E-state index in [0.717, 1.165) is 17.9 Å². The largest absolute Gasteiger partial charge is 0.323 e. The van der Waals surface area contributed by atoms with Crippen molar-refractivity contribution in [1.82, 2.24) is 9.97 Å². The lowest BCUT2D eigenvalue weighted by Crippen LogP contribution is -2.29. The minimum atomic E-state index is 0.0925. The molecule has 4 heteroatoms. The fourth-order valence-electron chi connectivity index (χ4n) is 2.40. The van der Waals surface area contributed by atoms with Crippen LogP contribution in [0.2, 0.25) is 0 Å². The van der Waals surface area contributed by atoms with Crippen molar-refractivity contribution in [3.05, 3.63) is 54.0 Å². The van der Waals surface area contributed by atoms with Crippen LogP contribution in [0.15, 0.2) is 47.9 Å². The zero-order valence-electron chi connectivity index (χ0n) is 9.99. The second kappa shape index (κ2) is 5.08. The second-order valence-corrected chi connectivity index (χ2v) is 5.73. The van der Waals surface area contributed by atoms with Gasteiger partial charge < -0.3 is 5.73 Å². The van der Waals surface area contributed by atoms with Crippen molar-refractivity contribution in [1.29, 1.82) is 0 Å². The first-order chi connectivity index (χ1) is 8.84. The molecular weight excluding hydrogens is 242 g/mol. The molecule has 92 valence electrons. The van der Waals surface area contributed by atoms with Crippen LogP contribution < -0.4 is 5.73 Å². The summed E-state index contributed by atoms with van der Waals surface area (Å²) in [7, 11) is 0. The third-order valence-electron chi connectivity index (χ3n) is 3.34. The first-order valence-corrected chi connectivity index (χ1v) is 6.98. The van der Waals surface area contributed by atoms with Gasteiger partial charge in [-0.05, 0) is 30.0 Å². The number of hydrogen-bond donors (Lipinski definition) is 1. The van der Waals surface area contributed by atoms with Crippen molar-refractivity contribution in [2.75, 3.05) is 0 Å².